The number of H-pyrrole nitrogens is 1. The van der Waals surface area contributed by atoms with Crippen molar-refractivity contribution >= 4 is 34.6 Å². The Morgan fingerprint density at radius 3 is 2.46 bits per heavy atom. The number of aromatic nitrogens is 1. The Hall–Kier alpha value is -4.42. The van der Waals surface area contributed by atoms with Crippen molar-refractivity contribution in [3.63, 3.8) is 0 Å². The zero-order valence-electron chi connectivity index (χ0n) is 22.6. The van der Waals surface area contributed by atoms with Crippen molar-refractivity contribution in [2.24, 2.45) is 5.73 Å². The number of aromatic hydroxyl groups is 1. The van der Waals surface area contributed by atoms with Gasteiger partial charge in [0.25, 0.3) is 0 Å². The maximum atomic E-state index is 13.5. The first-order valence-electron chi connectivity index (χ1n) is 13.5. The summed E-state index contributed by atoms with van der Waals surface area (Å²) < 4.78 is 0. The van der Waals surface area contributed by atoms with Crippen molar-refractivity contribution < 1.29 is 34.5 Å². The van der Waals surface area contributed by atoms with Crippen LogP contribution in [-0.2, 0) is 32.0 Å². The van der Waals surface area contributed by atoms with E-state index in [0.717, 1.165) is 16.5 Å². The molecule has 0 radical (unpaired) electrons. The van der Waals surface area contributed by atoms with Gasteiger partial charge in [-0.2, -0.15) is 0 Å². The van der Waals surface area contributed by atoms with Gasteiger partial charge in [-0.3, -0.25) is 14.4 Å². The molecular weight excluding hydrogens is 530 g/mol. The Balaban J connectivity index is 1.48. The van der Waals surface area contributed by atoms with Gasteiger partial charge in [0.2, 0.25) is 17.7 Å². The van der Waals surface area contributed by atoms with Gasteiger partial charge in [-0.25, -0.2) is 4.79 Å². The van der Waals surface area contributed by atoms with E-state index in [-0.39, 0.29) is 24.5 Å². The van der Waals surface area contributed by atoms with Crippen LogP contribution in [0.3, 0.4) is 0 Å². The highest BCUT2D eigenvalue weighted by atomic mass is 16.4. The Labute approximate surface area is 236 Å². The first kappa shape index (κ1) is 29.6. The summed E-state index contributed by atoms with van der Waals surface area (Å²) in [6, 6.07) is 9.11. The van der Waals surface area contributed by atoms with E-state index in [1.807, 2.05) is 30.5 Å². The van der Waals surface area contributed by atoms with Crippen LogP contribution in [0.2, 0.25) is 0 Å². The summed E-state index contributed by atoms with van der Waals surface area (Å²) >= 11 is 0. The largest absolute Gasteiger partial charge is 0.508 e. The van der Waals surface area contributed by atoms with Crippen molar-refractivity contribution in [1.29, 1.82) is 0 Å². The molecule has 1 fully saturated rings. The number of carbonyl (C=O) groups excluding carboxylic acids is 3. The fourth-order valence-electron chi connectivity index (χ4n) is 5.13. The van der Waals surface area contributed by atoms with Crippen LogP contribution < -0.4 is 16.4 Å². The fraction of sp³-hybridized carbons (Fsp3) is 0.379. The normalized spacial score (nSPS) is 17.9. The number of para-hydroxylation sites is 1. The molecule has 5 unspecified atom stereocenters. The first-order valence-corrected chi connectivity index (χ1v) is 13.5. The number of aliphatic carboxylic acids is 1. The summed E-state index contributed by atoms with van der Waals surface area (Å²) in [6.45, 7) is 1.56. The van der Waals surface area contributed by atoms with Crippen molar-refractivity contribution in [2.75, 3.05) is 6.54 Å². The van der Waals surface area contributed by atoms with E-state index in [1.54, 1.807) is 12.1 Å². The first-order chi connectivity index (χ1) is 19.5. The summed E-state index contributed by atoms with van der Waals surface area (Å²) in [5.74, 6) is -3.18. The minimum atomic E-state index is -1.59. The molecule has 3 amide bonds. The molecule has 2 heterocycles. The third kappa shape index (κ3) is 7.02. The summed E-state index contributed by atoms with van der Waals surface area (Å²) in [7, 11) is 0. The van der Waals surface area contributed by atoms with Crippen LogP contribution in [0.4, 0.5) is 0 Å². The molecule has 5 atom stereocenters. The minimum absolute atomic E-state index is 0.0166. The van der Waals surface area contributed by atoms with Crippen LogP contribution >= 0.6 is 0 Å². The highest BCUT2D eigenvalue weighted by Gasteiger charge is 2.38. The van der Waals surface area contributed by atoms with E-state index >= 15 is 0 Å². The monoisotopic (exact) mass is 565 g/mol. The standard InChI is InChI=1S/C29H35N5O7/c1-16(35)25(29(40)41)33-26(37)23(13-17-8-10-19(36)11-9-17)32-27(38)24-7-4-12-34(24)28(39)21(30)14-18-15-31-22-6-3-2-5-20(18)22/h2-3,5-6,8-11,15-16,21,23-25,31,35-36H,4,7,12-14,30H2,1H3,(H,32,38)(H,33,37)(H,40,41). The average Bonchev–Trinajstić information content (AvgIpc) is 3.59. The molecule has 0 spiro atoms. The van der Waals surface area contributed by atoms with Gasteiger partial charge in [0.15, 0.2) is 6.04 Å². The second kappa shape index (κ2) is 12.8. The number of carboxylic acids is 1. The number of carboxylic acid groups (broad SMARTS) is 1. The smallest absolute Gasteiger partial charge is 0.328 e. The Morgan fingerprint density at radius 2 is 1.78 bits per heavy atom. The van der Waals surface area contributed by atoms with Gasteiger partial charge in [0.1, 0.15) is 17.8 Å². The number of hydrogen-bond acceptors (Lipinski definition) is 7. The number of nitrogens with two attached hydrogens (primary N) is 1. The number of rotatable bonds is 11. The van der Waals surface area contributed by atoms with Crippen LogP contribution in [0.1, 0.15) is 30.9 Å². The molecule has 1 aliphatic rings. The molecule has 8 N–H and O–H groups in total. The maximum absolute atomic E-state index is 13.5. The van der Waals surface area contributed by atoms with Crippen LogP contribution in [-0.4, -0.2) is 85.7 Å². The predicted octanol–water partition coefficient (Wildman–Crippen LogP) is 0.412. The molecule has 1 aromatic heterocycles. The lowest BCUT2D eigenvalue weighted by molar-refractivity contribution is -0.145. The van der Waals surface area contributed by atoms with E-state index in [0.29, 0.717) is 24.9 Å². The number of phenols is 1. The highest BCUT2D eigenvalue weighted by Crippen LogP contribution is 2.22. The second-order valence-electron chi connectivity index (χ2n) is 10.4. The fourth-order valence-corrected chi connectivity index (χ4v) is 5.13. The number of aliphatic hydroxyl groups excluding tert-OH is 1. The number of hydrogen-bond donors (Lipinski definition) is 7. The van der Waals surface area contributed by atoms with Gasteiger partial charge in [-0.1, -0.05) is 30.3 Å². The predicted molar refractivity (Wildman–Crippen MR) is 150 cm³/mol. The van der Waals surface area contributed by atoms with Gasteiger partial charge in [0, 0.05) is 30.1 Å². The molecule has 2 aromatic carbocycles. The molecule has 4 rings (SSSR count). The lowest BCUT2D eigenvalue weighted by Gasteiger charge is -2.29. The molecule has 0 bridgehead atoms. The number of aliphatic hydroxyl groups is 1. The lowest BCUT2D eigenvalue weighted by Crippen LogP contribution is -2.58. The quantitative estimate of drug-likeness (QED) is 0.173. The second-order valence-corrected chi connectivity index (χ2v) is 10.4. The van der Waals surface area contributed by atoms with Crippen molar-refractivity contribution in [3.05, 3.63) is 65.9 Å². The molecule has 0 aliphatic carbocycles. The van der Waals surface area contributed by atoms with E-state index in [1.165, 1.54) is 24.0 Å². The maximum Gasteiger partial charge on any atom is 0.328 e. The molecular formula is C29H35N5O7. The topological polar surface area (TPSA) is 198 Å². The van der Waals surface area contributed by atoms with Gasteiger partial charge >= 0.3 is 5.97 Å². The van der Waals surface area contributed by atoms with Crippen molar-refractivity contribution in [3.8, 4) is 5.75 Å². The highest BCUT2D eigenvalue weighted by molar-refractivity contribution is 5.95. The number of nitrogens with zero attached hydrogens (tertiary/aromatic N) is 1. The number of aromatic amines is 1. The van der Waals surface area contributed by atoms with Crippen LogP contribution in [0.5, 0.6) is 5.75 Å². The summed E-state index contributed by atoms with van der Waals surface area (Å²) in [6.07, 6.45) is 1.62. The Bertz CT molecular complexity index is 1400. The minimum Gasteiger partial charge on any atom is -0.508 e. The van der Waals surface area contributed by atoms with Gasteiger partial charge in [0.05, 0.1) is 12.1 Å². The Kier molecular flexibility index (Phi) is 9.25. The number of fused-ring (bicyclic) bond motifs is 1. The van der Waals surface area contributed by atoms with Crippen LogP contribution in [0, 0.1) is 0 Å². The number of phenolic OH excluding ortho intramolecular Hbond substituents is 1. The molecule has 1 saturated heterocycles. The van der Waals surface area contributed by atoms with E-state index in [9.17, 15) is 34.5 Å². The molecule has 218 valence electrons. The van der Waals surface area contributed by atoms with Crippen LogP contribution in [0.15, 0.2) is 54.7 Å². The van der Waals surface area contributed by atoms with Gasteiger partial charge in [-0.15, -0.1) is 0 Å². The summed E-state index contributed by atoms with van der Waals surface area (Å²) in [4.78, 5) is 56.1. The molecule has 12 nitrogen and oxygen atoms in total. The van der Waals surface area contributed by atoms with Gasteiger partial charge < -0.3 is 41.6 Å². The summed E-state index contributed by atoms with van der Waals surface area (Å²) in [5.41, 5.74) is 8.72. The van der Waals surface area contributed by atoms with E-state index in [2.05, 4.69) is 15.6 Å². The van der Waals surface area contributed by atoms with Crippen molar-refractivity contribution in [1.82, 2.24) is 20.5 Å². The van der Waals surface area contributed by atoms with E-state index < -0.39 is 48.1 Å². The average molecular weight is 566 g/mol. The number of nitrogens with one attached hydrogen (secondary N) is 3. The summed E-state index contributed by atoms with van der Waals surface area (Å²) in [5, 5.41) is 34.7. The van der Waals surface area contributed by atoms with Gasteiger partial charge in [-0.05, 0) is 55.5 Å². The molecule has 3 aromatic rings. The number of benzene rings is 2. The molecule has 1 aliphatic heterocycles. The third-order valence-corrected chi connectivity index (χ3v) is 7.33. The SMILES string of the molecule is CC(O)C(NC(=O)C(Cc1ccc(O)cc1)NC(=O)C1CCCN1C(=O)C(N)Cc1c[nH]c2ccccc12)C(=O)O. The zero-order valence-corrected chi connectivity index (χ0v) is 22.6. The molecule has 12 heteroatoms. The molecule has 0 saturated carbocycles. The van der Waals surface area contributed by atoms with E-state index in [4.69, 9.17) is 5.73 Å². The van der Waals surface area contributed by atoms with Crippen LogP contribution in [0.25, 0.3) is 10.9 Å². The zero-order chi connectivity index (χ0) is 29.7. The van der Waals surface area contributed by atoms with Crippen molar-refractivity contribution in [2.45, 2.75) is 62.9 Å². The number of carbonyl (C=O) groups is 4. The Morgan fingerprint density at radius 1 is 1.07 bits per heavy atom. The lowest BCUT2D eigenvalue weighted by atomic mass is 10.0. The molecule has 41 heavy (non-hydrogen) atoms. The number of amides is 3. The third-order valence-electron chi connectivity index (χ3n) is 7.33. The number of likely N-dealkylation sites (tertiary alicyclic amines) is 1.